The second-order valence-electron chi connectivity index (χ2n) is 14.6. The molecular weight excluding hydrogens is 691 g/mol. The van der Waals surface area contributed by atoms with E-state index in [9.17, 15) is 0 Å². The van der Waals surface area contributed by atoms with Crippen LogP contribution in [0.3, 0.4) is 0 Å². The molecule has 0 aliphatic rings. The van der Waals surface area contributed by atoms with Crippen LogP contribution in [0.4, 0.5) is 17.1 Å². The molecule has 3 heteroatoms. The van der Waals surface area contributed by atoms with Crippen LogP contribution >= 0.6 is 0 Å². The maximum absolute atomic E-state index is 2.43. The van der Waals surface area contributed by atoms with Gasteiger partial charge >= 0.3 is 0 Å². The Bertz CT molecular complexity index is 3120. The molecule has 9 aromatic carbocycles. The van der Waals surface area contributed by atoms with Gasteiger partial charge < -0.3 is 14.0 Å². The molecule has 0 bridgehead atoms. The van der Waals surface area contributed by atoms with E-state index in [2.05, 4.69) is 238 Å². The van der Waals surface area contributed by atoms with Crippen LogP contribution in [0.2, 0.25) is 0 Å². The summed E-state index contributed by atoms with van der Waals surface area (Å²) in [4.78, 5) is 2.31. The number of benzene rings is 9. The van der Waals surface area contributed by atoms with E-state index < -0.39 is 0 Å². The molecule has 0 atom stereocenters. The maximum atomic E-state index is 2.43. The first-order chi connectivity index (χ1) is 28.3. The lowest BCUT2D eigenvalue weighted by Gasteiger charge is -2.25. The Balaban J connectivity index is 1.12. The summed E-state index contributed by atoms with van der Waals surface area (Å²) in [6.45, 7) is 0. The predicted octanol–water partition coefficient (Wildman–Crippen LogP) is 14.7. The lowest BCUT2D eigenvalue weighted by atomic mass is 9.96. The number of para-hydroxylation sites is 6. The summed E-state index contributed by atoms with van der Waals surface area (Å²) in [5.74, 6) is 0. The molecular formula is C54H37N3. The fraction of sp³-hybridized carbons (Fsp3) is 0. The first kappa shape index (κ1) is 32.8. The van der Waals surface area contributed by atoms with Crippen molar-refractivity contribution in [3.05, 3.63) is 224 Å². The van der Waals surface area contributed by atoms with E-state index in [-0.39, 0.29) is 0 Å². The average molecular weight is 728 g/mol. The van der Waals surface area contributed by atoms with Crippen molar-refractivity contribution in [2.45, 2.75) is 0 Å². The maximum Gasteiger partial charge on any atom is 0.0547 e. The SMILES string of the molecule is c1ccc(N(c2ccccc2)c2ccc(-c3cc(-c4ccc5c6ccccc6n(-c6ccccc6)c5c4)cc(-n4c5ccccc5c5ccccc54)c3)cc2)cc1. The second kappa shape index (κ2) is 13.6. The van der Waals surface area contributed by atoms with Gasteiger partial charge in [0.1, 0.15) is 0 Å². The highest BCUT2D eigenvalue weighted by Gasteiger charge is 2.18. The van der Waals surface area contributed by atoms with Crippen molar-refractivity contribution in [1.82, 2.24) is 9.13 Å². The van der Waals surface area contributed by atoms with E-state index in [1.165, 1.54) is 49.2 Å². The van der Waals surface area contributed by atoms with Crippen molar-refractivity contribution in [1.29, 1.82) is 0 Å². The van der Waals surface area contributed by atoms with Gasteiger partial charge in [0.25, 0.3) is 0 Å². The zero-order valence-electron chi connectivity index (χ0n) is 31.2. The molecule has 11 rings (SSSR count). The average Bonchev–Trinajstić information content (AvgIpc) is 3.80. The standard InChI is InChI=1S/C54H37N3/c1-4-16-42(17-5-1)55(43-18-6-2-7-19-43)45-31-28-38(29-32-45)40-34-41(36-46(35-40)57-52-26-14-10-22-47(52)48-23-11-15-27-53(48)57)39-30-33-50-49-24-12-13-25-51(49)56(54(50)37-39)44-20-8-3-9-21-44/h1-37H. The molecule has 2 aromatic heterocycles. The highest BCUT2D eigenvalue weighted by molar-refractivity contribution is 6.11. The van der Waals surface area contributed by atoms with Crippen LogP contribution in [-0.4, -0.2) is 9.13 Å². The highest BCUT2D eigenvalue weighted by atomic mass is 15.1. The number of nitrogens with zero attached hydrogens (tertiary/aromatic N) is 3. The third kappa shape index (κ3) is 5.60. The van der Waals surface area contributed by atoms with Crippen molar-refractivity contribution in [2.75, 3.05) is 4.90 Å². The van der Waals surface area contributed by atoms with Crippen LogP contribution in [0, 0.1) is 0 Å². The largest absolute Gasteiger partial charge is 0.311 e. The quantitative estimate of drug-likeness (QED) is 0.159. The Morgan fingerprint density at radius 1 is 0.246 bits per heavy atom. The zero-order chi connectivity index (χ0) is 37.7. The molecule has 0 fully saturated rings. The van der Waals surface area contributed by atoms with Crippen molar-refractivity contribution in [3.63, 3.8) is 0 Å². The van der Waals surface area contributed by atoms with Gasteiger partial charge in [-0.2, -0.15) is 0 Å². The Labute approximate surface area is 331 Å². The van der Waals surface area contributed by atoms with Gasteiger partial charge in [-0.25, -0.2) is 0 Å². The van der Waals surface area contributed by atoms with Gasteiger partial charge in [0, 0.05) is 50.0 Å². The van der Waals surface area contributed by atoms with E-state index in [4.69, 9.17) is 0 Å². The van der Waals surface area contributed by atoms with Gasteiger partial charge in [-0.05, 0) is 113 Å². The summed E-state index contributed by atoms with van der Waals surface area (Å²) >= 11 is 0. The Kier molecular flexibility index (Phi) is 7.82. The van der Waals surface area contributed by atoms with Crippen LogP contribution in [0.15, 0.2) is 224 Å². The molecule has 57 heavy (non-hydrogen) atoms. The highest BCUT2D eigenvalue weighted by Crippen LogP contribution is 2.40. The van der Waals surface area contributed by atoms with Gasteiger partial charge in [0.2, 0.25) is 0 Å². The van der Waals surface area contributed by atoms with Crippen LogP contribution in [0.1, 0.15) is 0 Å². The normalized spacial score (nSPS) is 11.5. The third-order valence-electron chi connectivity index (χ3n) is 11.3. The van der Waals surface area contributed by atoms with Gasteiger partial charge in [-0.15, -0.1) is 0 Å². The van der Waals surface area contributed by atoms with Crippen molar-refractivity contribution in [2.24, 2.45) is 0 Å². The minimum Gasteiger partial charge on any atom is -0.311 e. The van der Waals surface area contributed by atoms with E-state index in [0.29, 0.717) is 0 Å². The van der Waals surface area contributed by atoms with Crippen molar-refractivity contribution < 1.29 is 0 Å². The molecule has 0 aliphatic heterocycles. The molecule has 0 radical (unpaired) electrons. The van der Waals surface area contributed by atoms with Crippen LogP contribution < -0.4 is 4.90 Å². The van der Waals surface area contributed by atoms with Crippen molar-refractivity contribution >= 4 is 60.7 Å². The van der Waals surface area contributed by atoms with Crippen LogP contribution in [0.5, 0.6) is 0 Å². The number of anilines is 3. The minimum absolute atomic E-state index is 1.11. The Morgan fingerprint density at radius 2 is 0.649 bits per heavy atom. The summed E-state index contributed by atoms with van der Waals surface area (Å²) in [5.41, 5.74) is 15.1. The molecule has 0 aliphatic carbocycles. The first-order valence-corrected chi connectivity index (χ1v) is 19.5. The predicted molar refractivity (Wildman–Crippen MR) is 241 cm³/mol. The summed E-state index contributed by atoms with van der Waals surface area (Å²) in [5, 5.41) is 5.00. The number of fused-ring (bicyclic) bond motifs is 6. The Hall–Kier alpha value is -7.62. The summed E-state index contributed by atoms with van der Waals surface area (Å²) in [6, 6.07) is 81.1. The lowest BCUT2D eigenvalue weighted by Crippen LogP contribution is -2.09. The van der Waals surface area contributed by atoms with Crippen LogP contribution in [0.25, 0.3) is 77.2 Å². The zero-order valence-corrected chi connectivity index (χ0v) is 31.2. The molecule has 11 aromatic rings. The molecule has 2 heterocycles. The van der Waals surface area contributed by atoms with Gasteiger partial charge in [-0.3, -0.25) is 0 Å². The van der Waals surface area contributed by atoms with Crippen molar-refractivity contribution in [3.8, 4) is 33.6 Å². The van der Waals surface area contributed by atoms with Crippen LogP contribution in [-0.2, 0) is 0 Å². The van der Waals surface area contributed by atoms with Gasteiger partial charge in [0.15, 0.2) is 0 Å². The van der Waals surface area contributed by atoms with E-state index >= 15 is 0 Å². The summed E-state index contributed by atoms with van der Waals surface area (Å²) in [7, 11) is 0. The molecule has 268 valence electrons. The lowest BCUT2D eigenvalue weighted by molar-refractivity contribution is 1.18. The number of rotatable bonds is 7. The molecule has 0 amide bonds. The molecule has 0 spiro atoms. The molecule has 0 saturated heterocycles. The Morgan fingerprint density at radius 3 is 1.19 bits per heavy atom. The smallest absolute Gasteiger partial charge is 0.0547 e. The first-order valence-electron chi connectivity index (χ1n) is 19.5. The molecule has 0 unspecified atom stereocenters. The van der Waals surface area contributed by atoms with Gasteiger partial charge in [0.05, 0.1) is 22.1 Å². The minimum atomic E-state index is 1.11. The number of hydrogen-bond donors (Lipinski definition) is 0. The van der Waals surface area contributed by atoms with Gasteiger partial charge in [-0.1, -0.05) is 133 Å². The molecule has 3 nitrogen and oxygen atoms in total. The third-order valence-corrected chi connectivity index (χ3v) is 11.3. The number of aromatic nitrogens is 2. The fourth-order valence-corrected chi connectivity index (χ4v) is 8.68. The van der Waals surface area contributed by atoms with E-state index in [1.807, 2.05) is 0 Å². The van der Waals surface area contributed by atoms with E-state index in [0.717, 1.165) is 45.1 Å². The second-order valence-corrected chi connectivity index (χ2v) is 14.6. The molecule has 0 saturated carbocycles. The summed E-state index contributed by atoms with van der Waals surface area (Å²) in [6.07, 6.45) is 0. The topological polar surface area (TPSA) is 13.1 Å². The molecule has 0 N–H and O–H groups in total. The summed E-state index contributed by atoms with van der Waals surface area (Å²) < 4.78 is 4.83. The van der Waals surface area contributed by atoms with E-state index in [1.54, 1.807) is 0 Å². The number of hydrogen-bond acceptors (Lipinski definition) is 1. The monoisotopic (exact) mass is 727 g/mol. The fourth-order valence-electron chi connectivity index (χ4n) is 8.68.